The molecular weight excluding hydrogens is 385 g/mol. The fourth-order valence-electron chi connectivity index (χ4n) is 2.98. The van der Waals surface area contributed by atoms with E-state index in [1.165, 1.54) is 0 Å². The summed E-state index contributed by atoms with van der Waals surface area (Å²) in [5.74, 6) is 0.705. The van der Waals surface area contributed by atoms with Crippen molar-refractivity contribution < 1.29 is 9.53 Å². The molecule has 1 fully saturated rings. The van der Waals surface area contributed by atoms with Crippen molar-refractivity contribution in [3.05, 3.63) is 58.9 Å². The third kappa shape index (κ3) is 6.38. The average Bonchev–Trinajstić information content (AvgIpc) is 2.68. The van der Waals surface area contributed by atoms with E-state index >= 15 is 0 Å². The minimum atomic E-state index is 0. The summed E-state index contributed by atoms with van der Waals surface area (Å²) in [6.45, 7) is 6.21. The number of pyridine rings is 1. The van der Waals surface area contributed by atoms with Crippen LogP contribution in [0.15, 0.2) is 42.6 Å². The number of ether oxygens (including phenoxy) is 1. The average molecular weight is 410 g/mol. The first-order chi connectivity index (χ1) is 12.6. The lowest BCUT2D eigenvalue weighted by Gasteiger charge is -2.34. The highest BCUT2D eigenvalue weighted by Gasteiger charge is 2.21. The lowest BCUT2D eigenvalue weighted by Crippen LogP contribution is -2.50. The van der Waals surface area contributed by atoms with Crippen molar-refractivity contribution in [2.45, 2.75) is 13.3 Å². The second-order valence-corrected chi connectivity index (χ2v) is 6.90. The Kier molecular flexibility index (Phi) is 8.35. The monoisotopic (exact) mass is 409 g/mol. The number of hydrogen-bond donors (Lipinski definition) is 0. The number of carbonyl (C=O) groups is 1. The van der Waals surface area contributed by atoms with Crippen molar-refractivity contribution in [1.29, 1.82) is 0 Å². The Bertz CT molecular complexity index is 735. The first-order valence-electron chi connectivity index (χ1n) is 8.91. The molecule has 0 aliphatic carbocycles. The van der Waals surface area contributed by atoms with Crippen LogP contribution >= 0.6 is 24.0 Å². The van der Waals surface area contributed by atoms with Gasteiger partial charge >= 0.3 is 0 Å². The lowest BCUT2D eigenvalue weighted by atomic mass is 10.2. The zero-order valence-electron chi connectivity index (χ0n) is 15.4. The molecule has 7 heteroatoms. The van der Waals surface area contributed by atoms with E-state index in [0.29, 0.717) is 10.8 Å². The molecule has 1 aliphatic heterocycles. The van der Waals surface area contributed by atoms with Crippen LogP contribution in [0.5, 0.6) is 5.75 Å². The van der Waals surface area contributed by atoms with E-state index in [1.54, 1.807) is 12.1 Å². The number of halogens is 2. The molecule has 0 spiro atoms. The van der Waals surface area contributed by atoms with Gasteiger partial charge in [-0.3, -0.25) is 14.7 Å². The van der Waals surface area contributed by atoms with Crippen LogP contribution < -0.4 is 4.74 Å². The van der Waals surface area contributed by atoms with Crippen LogP contribution in [0.1, 0.15) is 11.3 Å². The fraction of sp³-hybridized carbons (Fsp3) is 0.400. The van der Waals surface area contributed by atoms with E-state index in [1.807, 2.05) is 36.2 Å². The molecular formula is C20H25Cl2N3O2. The molecule has 2 heterocycles. The molecule has 146 valence electrons. The molecule has 1 amide bonds. The van der Waals surface area contributed by atoms with Crippen molar-refractivity contribution >= 4 is 29.9 Å². The standard InChI is InChI=1S/C20H24ClN3O2.ClH/c1-16-14-18(5-6-19(16)21)26-15-20(25)24-12-10-23(11-13-24)9-7-17-4-2-3-8-22-17;/h2-6,8,14H,7,9-13,15H2,1H3;1H. The van der Waals surface area contributed by atoms with Crippen molar-refractivity contribution in [2.24, 2.45) is 0 Å². The summed E-state index contributed by atoms with van der Waals surface area (Å²) >= 11 is 6.00. The number of amides is 1. The molecule has 0 bridgehead atoms. The second-order valence-electron chi connectivity index (χ2n) is 6.49. The Morgan fingerprint density at radius 2 is 1.96 bits per heavy atom. The maximum Gasteiger partial charge on any atom is 0.260 e. The largest absolute Gasteiger partial charge is 0.484 e. The number of aryl methyl sites for hydroxylation is 1. The third-order valence-corrected chi connectivity index (χ3v) is 5.05. The van der Waals surface area contributed by atoms with Gasteiger partial charge < -0.3 is 9.64 Å². The van der Waals surface area contributed by atoms with E-state index in [9.17, 15) is 4.79 Å². The van der Waals surface area contributed by atoms with Gasteiger partial charge in [-0.05, 0) is 42.8 Å². The first kappa shape index (κ1) is 21.5. The topological polar surface area (TPSA) is 45.7 Å². The summed E-state index contributed by atoms with van der Waals surface area (Å²) in [6.07, 6.45) is 2.77. The predicted molar refractivity (Wildman–Crippen MR) is 110 cm³/mol. The lowest BCUT2D eigenvalue weighted by molar-refractivity contribution is -0.135. The normalized spacial score (nSPS) is 14.5. The van der Waals surface area contributed by atoms with E-state index in [0.717, 1.165) is 50.4 Å². The number of benzene rings is 1. The number of piperazine rings is 1. The van der Waals surface area contributed by atoms with Gasteiger partial charge in [0.15, 0.2) is 6.61 Å². The molecule has 2 aromatic rings. The maximum atomic E-state index is 12.4. The molecule has 27 heavy (non-hydrogen) atoms. The highest BCUT2D eigenvalue weighted by Crippen LogP contribution is 2.21. The first-order valence-corrected chi connectivity index (χ1v) is 9.28. The maximum absolute atomic E-state index is 12.4. The van der Waals surface area contributed by atoms with Crippen LogP contribution in [0, 0.1) is 6.92 Å². The number of hydrogen-bond acceptors (Lipinski definition) is 4. The minimum Gasteiger partial charge on any atom is -0.484 e. The number of nitrogens with zero attached hydrogens (tertiary/aromatic N) is 3. The predicted octanol–water partition coefficient (Wildman–Crippen LogP) is 3.23. The molecule has 0 N–H and O–H groups in total. The summed E-state index contributed by atoms with van der Waals surface area (Å²) in [5, 5.41) is 0.700. The van der Waals surface area contributed by atoms with Gasteiger partial charge in [-0.2, -0.15) is 0 Å². The number of aromatic nitrogens is 1. The second kappa shape index (κ2) is 10.5. The number of rotatable bonds is 6. The van der Waals surface area contributed by atoms with Gasteiger partial charge in [0.2, 0.25) is 0 Å². The van der Waals surface area contributed by atoms with Crippen LogP contribution in [-0.2, 0) is 11.2 Å². The van der Waals surface area contributed by atoms with Gasteiger partial charge in [0.25, 0.3) is 5.91 Å². The summed E-state index contributed by atoms with van der Waals surface area (Å²) in [5.41, 5.74) is 2.05. The van der Waals surface area contributed by atoms with Crippen LogP contribution in [-0.4, -0.2) is 60.0 Å². The molecule has 0 radical (unpaired) electrons. The van der Waals surface area contributed by atoms with Gasteiger partial charge in [-0.15, -0.1) is 12.4 Å². The molecule has 0 unspecified atom stereocenters. The molecule has 1 aliphatic rings. The van der Waals surface area contributed by atoms with Crippen molar-refractivity contribution in [2.75, 3.05) is 39.3 Å². The highest BCUT2D eigenvalue weighted by molar-refractivity contribution is 6.31. The minimum absolute atomic E-state index is 0. The van der Waals surface area contributed by atoms with Gasteiger partial charge in [0, 0.05) is 56.1 Å². The Balaban J connectivity index is 0.00000261. The summed E-state index contributed by atoms with van der Waals surface area (Å²) in [4.78, 5) is 21.0. The SMILES string of the molecule is Cc1cc(OCC(=O)N2CCN(CCc3ccccn3)CC2)ccc1Cl.Cl. The molecule has 1 aromatic heterocycles. The smallest absolute Gasteiger partial charge is 0.260 e. The fourth-order valence-corrected chi connectivity index (χ4v) is 3.10. The van der Waals surface area contributed by atoms with Crippen molar-refractivity contribution in [1.82, 2.24) is 14.8 Å². The Morgan fingerprint density at radius 1 is 1.19 bits per heavy atom. The Hall–Kier alpha value is -1.82. The van der Waals surface area contributed by atoms with Crippen LogP contribution in [0.3, 0.4) is 0 Å². The van der Waals surface area contributed by atoms with Gasteiger partial charge in [0.05, 0.1) is 0 Å². The molecule has 0 saturated carbocycles. The molecule has 1 aromatic carbocycles. The molecule has 3 rings (SSSR count). The Labute approximate surface area is 171 Å². The summed E-state index contributed by atoms with van der Waals surface area (Å²) in [7, 11) is 0. The van der Waals surface area contributed by atoms with E-state index in [4.69, 9.17) is 16.3 Å². The van der Waals surface area contributed by atoms with E-state index < -0.39 is 0 Å². The number of carbonyl (C=O) groups excluding carboxylic acids is 1. The molecule has 0 atom stereocenters. The zero-order chi connectivity index (χ0) is 18.4. The third-order valence-electron chi connectivity index (χ3n) is 4.63. The van der Waals surface area contributed by atoms with Crippen LogP contribution in [0.2, 0.25) is 5.02 Å². The highest BCUT2D eigenvalue weighted by atomic mass is 35.5. The van der Waals surface area contributed by atoms with Gasteiger partial charge in [-0.1, -0.05) is 17.7 Å². The van der Waals surface area contributed by atoms with Gasteiger partial charge in [-0.25, -0.2) is 0 Å². The van der Waals surface area contributed by atoms with Crippen molar-refractivity contribution in [3.63, 3.8) is 0 Å². The van der Waals surface area contributed by atoms with E-state index in [-0.39, 0.29) is 24.9 Å². The quantitative estimate of drug-likeness (QED) is 0.734. The van der Waals surface area contributed by atoms with E-state index in [2.05, 4.69) is 16.0 Å². The molecule has 1 saturated heterocycles. The Morgan fingerprint density at radius 3 is 2.63 bits per heavy atom. The van der Waals surface area contributed by atoms with Gasteiger partial charge in [0.1, 0.15) is 5.75 Å². The summed E-state index contributed by atoms with van der Waals surface area (Å²) < 4.78 is 5.62. The zero-order valence-corrected chi connectivity index (χ0v) is 17.0. The van der Waals surface area contributed by atoms with Crippen molar-refractivity contribution in [3.8, 4) is 5.75 Å². The summed E-state index contributed by atoms with van der Waals surface area (Å²) in [6, 6.07) is 11.4. The van der Waals surface area contributed by atoms with Crippen LogP contribution in [0.25, 0.3) is 0 Å². The van der Waals surface area contributed by atoms with Crippen LogP contribution in [0.4, 0.5) is 0 Å². The molecule has 5 nitrogen and oxygen atoms in total.